The first-order valence-corrected chi connectivity index (χ1v) is 13.1. The van der Waals surface area contributed by atoms with E-state index in [9.17, 15) is 18.0 Å². The van der Waals surface area contributed by atoms with Crippen LogP contribution < -0.4 is 16.0 Å². The summed E-state index contributed by atoms with van der Waals surface area (Å²) in [5, 5.41) is 8.30. The minimum Gasteiger partial charge on any atom is -0.322 e. The number of para-hydroxylation sites is 1. The van der Waals surface area contributed by atoms with Crippen LogP contribution in [0, 0.1) is 0 Å². The molecule has 7 nitrogen and oxygen atoms in total. The van der Waals surface area contributed by atoms with Gasteiger partial charge in [-0.3, -0.25) is 4.79 Å². The lowest BCUT2D eigenvalue weighted by Crippen LogP contribution is -2.19. The van der Waals surface area contributed by atoms with Gasteiger partial charge in [-0.15, -0.1) is 11.8 Å². The average Bonchev–Trinajstić information content (AvgIpc) is 3.14. The lowest BCUT2D eigenvalue weighted by Gasteiger charge is -2.13. The lowest BCUT2D eigenvalue weighted by molar-refractivity contribution is 0.102. The van der Waals surface area contributed by atoms with Crippen molar-refractivity contribution in [2.24, 2.45) is 0 Å². The smallest absolute Gasteiger partial charge is 0.322 e. The standard InChI is InChI=1S/C24H23N3O4S2/c28-23(21-8-4-5-9-22(21)32-20-14-15-33(30,31)16-20)25-18-10-12-19(13-11-18)27-24(29)26-17-6-2-1-3-7-17/h1-13,20H,14-16H2,(H,25,28)(H2,26,27,29). The van der Waals surface area contributed by atoms with E-state index in [4.69, 9.17) is 0 Å². The van der Waals surface area contributed by atoms with Crippen molar-refractivity contribution >= 4 is 50.6 Å². The number of urea groups is 1. The third-order valence-electron chi connectivity index (χ3n) is 5.05. The molecule has 1 heterocycles. The number of nitrogens with one attached hydrogen (secondary N) is 3. The van der Waals surface area contributed by atoms with Crippen molar-refractivity contribution in [3.8, 4) is 0 Å². The predicted molar refractivity (Wildman–Crippen MR) is 133 cm³/mol. The molecule has 1 fully saturated rings. The van der Waals surface area contributed by atoms with Gasteiger partial charge in [-0.05, 0) is 55.0 Å². The molecule has 3 aromatic carbocycles. The molecular weight excluding hydrogens is 458 g/mol. The van der Waals surface area contributed by atoms with Crippen molar-refractivity contribution in [2.75, 3.05) is 27.5 Å². The van der Waals surface area contributed by atoms with Crippen LogP contribution in [0.5, 0.6) is 0 Å². The summed E-state index contributed by atoms with van der Waals surface area (Å²) < 4.78 is 23.5. The molecule has 3 amide bonds. The maximum atomic E-state index is 12.9. The topological polar surface area (TPSA) is 104 Å². The van der Waals surface area contributed by atoms with Gasteiger partial charge in [-0.25, -0.2) is 13.2 Å². The van der Waals surface area contributed by atoms with E-state index in [1.54, 1.807) is 48.5 Å². The van der Waals surface area contributed by atoms with Crippen LogP contribution in [0.4, 0.5) is 21.9 Å². The summed E-state index contributed by atoms with van der Waals surface area (Å²) in [6.45, 7) is 0. The lowest BCUT2D eigenvalue weighted by atomic mass is 10.2. The molecule has 0 radical (unpaired) electrons. The third-order valence-corrected chi connectivity index (χ3v) is 8.37. The van der Waals surface area contributed by atoms with Crippen molar-refractivity contribution in [3.05, 3.63) is 84.4 Å². The summed E-state index contributed by atoms with van der Waals surface area (Å²) in [6, 6.07) is 22.7. The molecule has 3 aromatic rings. The zero-order chi connectivity index (χ0) is 23.3. The fraction of sp³-hybridized carbons (Fsp3) is 0.167. The summed E-state index contributed by atoms with van der Waals surface area (Å²) in [4.78, 5) is 25.8. The Morgan fingerprint density at radius 1 is 0.758 bits per heavy atom. The van der Waals surface area contributed by atoms with Crippen LogP contribution >= 0.6 is 11.8 Å². The number of benzene rings is 3. The molecule has 0 saturated carbocycles. The Bertz CT molecular complexity index is 1250. The van der Waals surface area contributed by atoms with Crippen molar-refractivity contribution in [2.45, 2.75) is 16.6 Å². The van der Waals surface area contributed by atoms with E-state index in [1.165, 1.54) is 11.8 Å². The van der Waals surface area contributed by atoms with E-state index in [0.717, 1.165) is 4.90 Å². The number of hydrogen-bond acceptors (Lipinski definition) is 5. The zero-order valence-corrected chi connectivity index (χ0v) is 19.3. The Hall–Kier alpha value is -3.30. The van der Waals surface area contributed by atoms with E-state index in [0.29, 0.717) is 29.0 Å². The molecule has 0 aliphatic carbocycles. The van der Waals surface area contributed by atoms with Crippen molar-refractivity contribution < 1.29 is 18.0 Å². The van der Waals surface area contributed by atoms with Crippen molar-refractivity contribution in [3.63, 3.8) is 0 Å². The predicted octanol–water partition coefficient (Wildman–Crippen LogP) is 4.86. The number of sulfone groups is 1. The summed E-state index contributed by atoms with van der Waals surface area (Å²) in [7, 11) is -2.98. The highest BCUT2D eigenvalue weighted by Gasteiger charge is 2.29. The van der Waals surface area contributed by atoms with Crippen LogP contribution in [0.25, 0.3) is 0 Å². The van der Waals surface area contributed by atoms with Crippen LogP contribution in [0.1, 0.15) is 16.8 Å². The monoisotopic (exact) mass is 481 g/mol. The van der Waals surface area contributed by atoms with E-state index >= 15 is 0 Å². The Morgan fingerprint density at radius 2 is 1.33 bits per heavy atom. The highest BCUT2D eigenvalue weighted by molar-refractivity contribution is 8.02. The highest BCUT2D eigenvalue weighted by atomic mass is 32.2. The molecule has 1 atom stereocenters. The second-order valence-electron chi connectivity index (χ2n) is 7.62. The van der Waals surface area contributed by atoms with Crippen LogP contribution in [0.2, 0.25) is 0 Å². The quantitative estimate of drug-likeness (QED) is 0.466. The Labute approximate surface area is 196 Å². The van der Waals surface area contributed by atoms with Gasteiger partial charge in [0.25, 0.3) is 5.91 Å². The second kappa shape index (κ2) is 10.1. The van der Waals surface area contributed by atoms with Gasteiger partial charge < -0.3 is 16.0 Å². The molecule has 3 N–H and O–H groups in total. The molecule has 0 aromatic heterocycles. The van der Waals surface area contributed by atoms with E-state index in [1.807, 2.05) is 30.3 Å². The SMILES string of the molecule is O=C(Nc1ccccc1)Nc1ccc(NC(=O)c2ccccc2SC2CCS(=O)(=O)C2)cc1. The molecule has 1 aliphatic rings. The van der Waals surface area contributed by atoms with Gasteiger partial charge in [0.1, 0.15) is 0 Å². The third kappa shape index (κ3) is 6.36. The number of anilines is 3. The van der Waals surface area contributed by atoms with Gasteiger partial charge in [0.15, 0.2) is 9.84 Å². The molecule has 0 spiro atoms. The molecule has 4 rings (SSSR count). The van der Waals surface area contributed by atoms with Gasteiger partial charge >= 0.3 is 6.03 Å². The first-order valence-electron chi connectivity index (χ1n) is 10.4. The minimum absolute atomic E-state index is 0.0451. The Morgan fingerprint density at radius 3 is 1.97 bits per heavy atom. The summed E-state index contributed by atoms with van der Waals surface area (Å²) in [6.07, 6.45) is 0.593. The highest BCUT2D eigenvalue weighted by Crippen LogP contribution is 2.33. The molecular formula is C24H23N3O4S2. The van der Waals surface area contributed by atoms with Crippen LogP contribution in [0.15, 0.2) is 83.8 Å². The maximum Gasteiger partial charge on any atom is 0.323 e. The van der Waals surface area contributed by atoms with Gasteiger partial charge in [-0.1, -0.05) is 30.3 Å². The molecule has 0 bridgehead atoms. The summed E-state index contributed by atoms with van der Waals surface area (Å²) in [5.74, 6) is 0.0596. The van der Waals surface area contributed by atoms with E-state index in [-0.39, 0.29) is 28.7 Å². The first-order chi connectivity index (χ1) is 15.9. The number of rotatable bonds is 6. The molecule has 9 heteroatoms. The summed E-state index contributed by atoms with van der Waals surface area (Å²) >= 11 is 1.43. The fourth-order valence-corrected chi connectivity index (χ4v) is 7.07. The molecule has 1 aliphatic heterocycles. The normalized spacial score (nSPS) is 16.7. The van der Waals surface area contributed by atoms with Crippen molar-refractivity contribution in [1.82, 2.24) is 0 Å². The maximum absolute atomic E-state index is 12.9. The van der Waals surface area contributed by atoms with Gasteiger partial charge in [0.05, 0.1) is 17.1 Å². The molecule has 1 unspecified atom stereocenters. The molecule has 33 heavy (non-hydrogen) atoms. The number of carbonyl (C=O) groups excluding carboxylic acids is 2. The number of carbonyl (C=O) groups is 2. The number of hydrogen-bond donors (Lipinski definition) is 3. The van der Waals surface area contributed by atoms with Crippen LogP contribution in [-0.4, -0.2) is 37.1 Å². The van der Waals surface area contributed by atoms with Gasteiger partial charge in [-0.2, -0.15) is 0 Å². The number of amides is 3. The molecule has 1 saturated heterocycles. The van der Waals surface area contributed by atoms with Gasteiger partial charge in [0, 0.05) is 27.2 Å². The Kier molecular flexibility index (Phi) is 7.00. The number of thioether (sulfide) groups is 1. The average molecular weight is 482 g/mol. The second-order valence-corrected chi connectivity index (χ2v) is 11.2. The van der Waals surface area contributed by atoms with Crippen molar-refractivity contribution in [1.29, 1.82) is 0 Å². The minimum atomic E-state index is -2.98. The van der Waals surface area contributed by atoms with Gasteiger partial charge in [0.2, 0.25) is 0 Å². The zero-order valence-electron chi connectivity index (χ0n) is 17.7. The fourth-order valence-electron chi connectivity index (χ4n) is 3.44. The van der Waals surface area contributed by atoms with Crippen LogP contribution in [-0.2, 0) is 9.84 Å². The largest absolute Gasteiger partial charge is 0.323 e. The summed E-state index contributed by atoms with van der Waals surface area (Å²) in [5.41, 5.74) is 2.35. The van der Waals surface area contributed by atoms with E-state index < -0.39 is 9.84 Å². The molecule has 170 valence electrons. The van der Waals surface area contributed by atoms with E-state index in [2.05, 4.69) is 16.0 Å². The Balaban J connectivity index is 1.36. The van der Waals surface area contributed by atoms with Crippen LogP contribution in [0.3, 0.4) is 0 Å². The first kappa shape index (κ1) is 22.9.